The molecule has 0 bridgehead atoms. The van der Waals surface area contributed by atoms with E-state index >= 15 is 0 Å². The summed E-state index contributed by atoms with van der Waals surface area (Å²) in [7, 11) is 0. The zero-order valence-electron chi connectivity index (χ0n) is 14.6. The summed E-state index contributed by atoms with van der Waals surface area (Å²) in [5, 5.41) is 27.3. The van der Waals surface area contributed by atoms with Gasteiger partial charge in [0, 0.05) is 40.6 Å². The maximum atomic E-state index is 12.6. The van der Waals surface area contributed by atoms with Gasteiger partial charge in [0.1, 0.15) is 5.75 Å². The maximum Gasteiger partial charge on any atom is 0.270 e. The molecular formula is C20H16ClN3O4. The van der Waals surface area contributed by atoms with Gasteiger partial charge in [-0.15, -0.1) is 0 Å². The summed E-state index contributed by atoms with van der Waals surface area (Å²) < 4.78 is 0. The SMILES string of the molecule is O=C(Nc1ccc(Cl)cc1)c1ccccc1NCc1cc([N+](=O)[O-])ccc1O. The third-order valence-corrected chi connectivity index (χ3v) is 4.27. The van der Waals surface area contributed by atoms with Crippen molar-refractivity contribution in [2.75, 3.05) is 10.6 Å². The molecule has 3 rings (SSSR count). The molecule has 0 heterocycles. The molecule has 0 saturated carbocycles. The van der Waals surface area contributed by atoms with Gasteiger partial charge in [0.2, 0.25) is 0 Å². The van der Waals surface area contributed by atoms with Crippen LogP contribution >= 0.6 is 11.6 Å². The Hall–Kier alpha value is -3.58. The highest BCUT2D eigenvalue weighted by molar-refractivity contribution is 6.30. The van der Waals surface area contributed by atoms with Crippen LogP contribution in [-0.2, 0) is 6.54 Å². The summed E-state index contributed by atoms with van der Waals surface area (Å²) in [6.45, 7) is 0.110. The number of nitro groups is 1. The Morgan fingerprint density at radius 1 is 1.07 bits per heavy atom. The Bertz CT molecular complexity index is 1020. The number of nitro benzene ring substituents is 1. The molecule has 3 N–H and O–H groups in total. The third kappa shape index (κ3) is 4.57. The van der Waals surface area contributed by atoms with Crippen LogP contribution in [0, 0.1) is 10.1 Å². The number of hydrogen-bond donors (Lipinski definition) is 3. The number of rotatable bonds is 6. The summed E-state index contributed by atoms with van der Waals surface area (Å²) in [6, 6.07) is 17.4. The minimum absolute atomic E-state index is 0.0683. The maximum absolute atomic E-state index is 12.6. The highest BCUT2D eigenvalue weighted by atomic mass is 35.5. The second kappa shape index (κ2) is 8.41. The molecule has 0 radical (unpaired) electrons. The van der Waals surface area contributed by atoms with E-state index in [2.05, 4.69) is 10.6 Å². The van der Waals surface area contributed by atoms with E-state index < -0.39 is 4.92 Å². The number of phenols is 1. The van der Waals surface area contributed by atoms with Crippen molar-refractivity contribution in [1.82, 2.24) is 0 Å². The topological polar surface area (TPSA) is 104 Å². The number of amides is 1. The quantitative estimate of drug-likeness (QED) is 0.408. The second-order valence-corrected chi connectivity index (χ2v) is 6.37. The lowest BCUT2D eigenvalue weighted by molar-refractivity contribution is -0.384. The zero-order valence-corrected chi connectivity index (χ0v) is 15.3. The number of hydrogen-bond acceptors (Lipinski definition) is 5. The van der Waals surface area contributed by atoms with Gasteiger partial charge in [-0.3, -0.25) is 14.9 Å². The van der Waals surface area contributed by atoms with Gasteiger partial charge in [-0.05, 0) is 42.5 Å². The molecule has 0 unspecified atom stereocenters. The highest BCUT2D eigenvalue weighted by Gasteiger charge is 2.14. The predicted octanol–water partition coefficient (Wildman–Crippen LogP) is 4.82. The van der Waals surface area contributed by atoms with Crippen LogP contribution in [-0.4, -0.2) is 15.9 Å². The Kier molecular flexibility index (Phi) is 5.76. The molecule has 3 aromatic carbocycles. The monoisotopic (exact) mass is 397 g/mol. The molecule has 0 fully saturated rings. The molecule has 0 saturated heterocycles. The van der Waals surface area contributed by atoms with Crippen LogP contribution in [0.25, 0.3) is 0 Å². The summed E-state index contributed by atoms with van der Waals surface area (Å²) in [6.07, 6.45) is 0. The van der Waals surface area contributed by atoms with Gasteiger partial charge in [-0.25, -0.2) is 0 Å². The van der Waals surface area contributed by atoms with Gasteiger partial charge in [0.25, 0.3) is 11.6 Å². The number of benzene rings is 3. The fraction of sp³-hybridized carbons (Fsp3) is 0.0500. The summed E-state index contributed by atoms with van der Waals surface area (Å²) in [4.78, 5) is 23.0. The molecule has 1 amide bonds. The largest absolute Gasteiger partial charge is 0.508 e. The van der Waals surface area contributed by atoms with Crippen molar-refractivity contribution >= 4 is 34.6 Å². The fourth-order valence-electron chi connectivity index (χ4n) is 2.58. The molecule has 0 aliphatic heterocycles. The Morgan fingerprint density at radius 2 is 1.79 bits per heavy atom. The number of para-hydroxylation sites is 1. The van der Waals surface area contributed by atoms with Gasteiger partial charge in [-0.2, -0.15) is 0 Å². The first-order valence-corrected chi connectivity index (χ1v) is 8.68. The number of nitrogens with one attached hydrogen (secondary N) is 2. The first kappa shape index (κ1) is 19.2. The zero-order chi connectivity index (χ0) is 20.1. The van der Waals surface area contributed by atoms with E-state index in [1.807, 2.05) is 0 Å². The fourth-order valence-corrected chi connectivity index (χ4v) is 2.71. The van der Waals surface area contributed by atoms with Crippen LogP contribution in [0.2, 0.25) is 5.02 Å². The van der Waals surface area contributed by atoms with Crippen LogP contribution in [0.5, 0.6) is 5.75 Å². The first-order chi connectivity index (χ1) is 13.4. The van der Waals surface area contributed by atoms with Crippen molar-refractivity contribution in [2.45, 2.75) is 6.54 Å². The number of anilines is 2. The number of halogens is 1. The van der Waals surface area contributed by atoms with Gasteiger partial charge < -0.3 is 15.7 Å². The molecule has 0 aromatic heterocycles. The van der Waals surface area contributed by atoms with Gasteiger partial charge in [-0.1, -0.05) is 23.7 Å². The van der Waals surface area contributed by atoms with E-state index in [4.69, 9.17) is 11.6 Å². The van der Waals surface area contributed by atoms with Crippen LogP contribution in [0.3, 0.4) is 0 Å². The minimum atomic E-state index is -0.531. The van der Waals surface area contributed by atoms with Gasteiger partial charge in [0.15, 0.2) is 0 Å². The van der Waals surface area contributed by atoms with Crippen LogP contribution in [0.4, 0.5) is 17.1 Å². The Morgan fingerprint density at radius 3 is 2.50 bits per heavy atom. The van der Waals surface area contributed by atoms with Crippen molar-refractivity contribution in [2.24, 2.45) is 0 Å². The second-order valence-electron chi connectivity index (χ2n) is 5.93. The van der Waals surface area contributed by atoms with E-state index in [1.165, 1.54) is 18.2 Å². The minimum Gasteiger partial charge on any atom is -0.508 e. The number of phenolic OH excluding ortho intramolecular Hbond substituents is 1. The molecule has 7 nitrogen and oxygen atoms in total. The van der Waals surface area contributed by atoms with Gasteiger partial charge >= 0.3 is 0 Å². The lowest BCUT2D eigenvalue weighted by Crippen LogP contribution is -2.14. The Labute approximate surface area is 165 Å². The van der Waals surface area contributed by atoms with Crippen LogP contribution < -0.4 is 10.6 Å². The number of carbonyl (C=O) groups excluding carboxylic acids is 1. The molecule has 0 aliphatic rings. The van der Waals surface area contributed by atoms with Crippen LogP contribution in [0.15, 0.2) is 66.7 Å². The van der Waals surface area contributed by atoms with E-state index in [0.717, 1.165) is 0 Å². The molecule has 28 heavy (non-hydrogen) atoms. The van der Waals surface area contributed by atoms with Crippen molar-refractivity contribution < 1.29 is 14.8 Å². The molecule has 3 aromatic rings. The van der Waals surface area contributed by atoms with Crippen molar-refractivity contribution in [3.63, 3.8) is 0 Å². The summed E-state index contributed by atoms with van der Waals surface area (Å²) in [5.41, 5.74) is 1.74. The molecule has 0 spiro atoms. The average Bonchev–Trinajstić information content (AvgIpc) is 2.69. The van der Waals surface area contributed by atoms with Crippen molar-refractivity contribution in [3.8, 4) is 5.75 Å². The smallest absolute Gasteiger partial charge is 0.270 e. The average molecular weight is 398 g/mol. The lowest BCUT2D eigenvalue weighted by Gasteiger charge is -2.13. The van der Waals surface area contributed by atoms with E-state index in [-0.39, 0.29) is 23.9 Å². The van der Waals surface area contributed by atoms with E-state index in [0.29, 0.717) is 27.5 Å². The molecular weight excluding hydrogens is 382 g/mol. The Balaban J connectivity index is 1.77. The molecule has 142 valence electrons. The molecule has 0 atom stereocenters. The highest BCUT2D eigenvalue weighted by Crippen LogP contribution is 2.25. The lowest BCUT2D eigenvalue weighted by atomic mass is 10.1. The normalized spacial score (nSPS) is 10.3. The predicted molar refractivity (Wildman–Crippen MR) is 108 cm³/mol. The van der Waals surface area contributed by atoms with Crippen molar-refractivity contribution in [1.29, 1.82) is 0 Å². The molecule has 8 heteroatoms. The third-order valence-electron chi connectivity index (χ3n) is 4.02. The number of carbonyl (C=O) groups is 1. The van der Waals surface area contributed by atoms with Crippen LogP contribution in [0.1, 0.15) is 15.9 Å². The summed E-state index contributed by atoms with van der Waals surface area (Å²) in [5.74, 6) is -0.394. The summed E-state index contributed by atoms with van der Waals surface area (Å²) >= 11 is 5.85. The van der Waals surface area contributed by atoms with Crippen molar-refractivity contribution in [3.05, 3.63) is 93.0 Å². The van der Waals surface area contributed by atoms with E-state index in [1.54, 1.807) is 48.5 Å². The number of nitrogens with zero attached hydrogens (tertiary/aromatic N) is 1. The number of non-ortho nitro benzene ring substituents is 1. The molecule has 0 aliphatic carbocycles. The standard InChI is InChI=1S/C20H16ClN3O4/c21-14-5-7-15(8-6-14)23-20(26)17-3-1-2-4-18(17)22-12-13-11-16(24(27)28)9-10-19(13)25/h1-11,22,25H,12H2,(H,23,26). The number of aromatic hydroxyl groups is 1. The van der Waals surface area contributed by atoms with Gasteiger partial charge in [0.05, 0.1) is 10.5 Å². The van der Waals surface area contributed by atoms with E-state index in [9.17, 15) is 20.0 Å². The first-order valence-electron chi connectivity index (χ1n) is 8.30.